The lowest BCUT2D eigenvalue weighted by molar-refractivity contribution is -0.146. The Kier molecular flexibility index (Phi) is 4.03. The zero-order chi connectivity index (χ0) is 16.0. The first-order chi connectivity index (χ1) is 11.1. The second-order valence-corrected chi connectivity index (χ2v) is 8.77. The van der Waals surface area contributed by atoms with Crippen molar-refractivity contribution in [2.24, 2.45) is 23.2 Å². The Morgan fingerprint density at radius 2 is 2.04 bits per heavy atom. The Morgan fingerprint density at radius 3 is 2.83 bits per heavy atom. The number of fused-ring (bicyclic) bond motifs is 2. The third-order valence-electron chi connectivity index (χ3n) is 7.22. The van der Waals surface area contributed by atoms with E-state index in [-0.39, 0.29) is 18.0 Å². The SMILES string of the molecule is C=C1CCC[C@]2(C)C[C@H]3OC(=O)[C@H](CN4CCCCC4)[C@@H]3C[C@@H]12. The van der Waals surface area contributed by atoms with Crippen LogP contribution < -0.4 is 0 Å². The minimum absolute atomic E-state index is 0.0819. The van der Waals surface area contributed by atoms with Crippen molar-refractivity contribution in [3.8, 4) is 0 Å². The van der Waals surface area contributed by atoms with E-state index in [9.17, 15) is 4.79 Å². The fraction of sp³-hybridized carbons (Fsp3) is 0.850. The molecule has 128 valence electrons. The van der Waals surface area contributed by atoms with E-state index >= 15 is 0 Å². The van der Waals surface area contributed by atoms with Gasteiger partial charge in [-0.15, -0.1) is 0 Å². The standard InChI is InChI=1S/C20H31NO2/c1-14-7-6-8-20(2)12-18-15(11-17(14)20)16(19(22)23-18)13-21-9-4-3-5-10-21/h15-18H,1,3-13H2,2H3/t15-,16+,17-,18+,20+/m0/s1. The fourth-order valence-corrected chi connectivity index (χ4v) is 5.88. The lowest BCUT2D eigenvalue weighted by Crippen LogP contribution is -2.46. The lowest BCUT2D eigenvalue weighted by Gasteiger charge is -2.50. The zero-order valence-corrected chi connectivity index (χ0v) is 14.6. The van der Waals surface area contributed by atoms with Gasteiger partial charge in [-0.25, -0.2) is 0 Å². The van der Waals surface area contributed by atoms with Crippen LogP contribution >= 0.6 is 0 Å². The number of esters is 1. The summed E-state index contributed by atoms with van der Waals surface area (Å²) in [6, 6.07) is 0. The molecule has 0 radical (unpaired) electrons. The summed E-state index contributed by atoms with van der Waals surface area (Å²) in [5.41, 5.74) is 1.75. The second-order valence-electron chi connectivity index (χ2n) is 8.77. The second kappa shape index (κ2) is 5.91. The van der Waals surface area contributed by atoms with Crippen molar-refractivity contribution in [2.75, 3.05) is 19.6 Å². The van der Waals surface area contributed by atoms with Crippen molar-refractivity contribution in [3.63, 3.8) is 0 Å². The molecule has 4 rings (SSSR count). The Bertz CT molecular complexity index is 496. The highest BCUT2D eigenvalue weighted by molar-refractivity contribution is 5.75. The normalized spacial score (nSPS) is 44.6. The van der Waals surface area contributed by atoms with E-state index in [1.54, 1.807) is 0 Å². The maximum Gasteiger partial charge on any atom is 0.310 e. The molecule has 0 unspecified atom stereocenters. The van der Waals surface area contributed by atoms with Crippen LogP contribution in [0.25, 0.3) is 0 Å². The van der Waals surface area contributed by atoms with Crippen molar-refractivity contribution >= 4 is 5.97 Å². The van der Waals surface area contributed by atoms with E-state index in [4.69, 9.17) is 4.74 Å². The number of rotatable bonds is 2. The molecule has 0 bridgehead atoms. The van der Waals surface area contributed by atoms with Crippen molar-refractivity contribution in [1.82, 2.24) is 4.90 Å². The van der Waals surface area contributed by atoms with Crippen molar-refractivity contribution in [1.29, 1.82) is 0 Å². The van der Waals surface area contributed by atoms with Crippen molar-refractivity contribution in [3.05, 3.63) is 12.2 Å². The number of likely N-dealkylation sites (tertiary alicyclic amines) is 1. The zero-order valence-electron chi connectivity index (χ0n) is 14.6. The highest BCUT2D eigenvalue weighted by Crippen LogP contribution is 2.56. The molecule has 5 atom stereocenters. The van der Waals surface area contributed by atoms with Crippen LogP contribution in [0.4, 0.5) is 0 Å². The average molecular weight is 317 g/mol. The maximum atomic E-state index is 12.5. The fourth-order valence-electron chi connectivity index (χ4n) is 5.88. The van der Waals surface area contributed by atoms with E-state index < -0.39 is 0 Å². The van der Waals surface area contributed by atoms with Crippen LogP contribution in [-0.4, -0.2) is 36.6 Å². The monoisotopic (exact) mass is 317 g/mol. The van der Waals surface area contributed by atoms with Gasteiger partial charge in [-0.3, -0.25) is 4.79 Å². The van der Waals surface area contributed by atoms with E-state index in [1.807, 2.05) is 0 Å². The quantitative estimate of drug-likeness (QED) is 0.573. The Hall–Kier alpha value is -0.830. The summed E-state index contributed by atoms with van der Waals surface area (Å²) in [6.45, 7) is 10.0. The minimum Gasteiger partial charge on any atom is -0.462 e. The van der Waals surface area contributed by atoms with Gasteiger partial charge in [0.2, 0.25) is 0 Å². The molecular formula is C20H31NO2. The van der Waals surface area contributed by atoms with Crippen molar-refractivity contribution < 1.29 is 9.53 Å². The molecule has 3 nitrogen and oxygen atoms in total. The van der Waals surface area contributed by atoms with Gasteiger partial charge in [-0.05, 0) is 69.4 Å². The van der Waals surface area contributed by atoms with E-state index in [2.05, 4.69) is 18.4 Å². The molecule has 4 fully saturated rings. The van der Waals surface area contributed by atoms with Crippen LogP contribution in [0, 0.1) is 23.2 Å². The van der Waals surface area contributed by atoms with Crippen LogP contribution in [0.3, 0.4) is 0 Å². The molecule has 2 heterocycles. The summed E-state index contributed by atoms with van der Waals surface area (Å²) in [5, 5.41) is 0. The van der Waals surface area contributed by atoms with Gasteiger partial charge in [0.15, 0.2) is 0 Å². The van der Waals surface area contributed by atoms with Crippen LogP contribution in [-0.2, 0) is 9.53 Å². The molecule has 0 aromatic carbocycles. The number of ether oxygens (including phenoxy) is 1. The lowest BCUT2D eigenvalue weighted by atomic mass is 9.55. The van der Waals surface area contributed by atoms with Gasteiger partial charge in [-0.1, -0.05) is 25.5 Å². The summed E-state index contributed by atoms with van der Waals surface area (Å²) in [7, 11) is 0. The smallest absolute Gasteiger partial charge is 0.310 e. The average Bonchev–Trinajstić information content (AvgIpc) is 2.81. The highest BCUT2D eigenvalue weighted by Gasteiger charge is 2.55. The van der Waals surface area contributed by atoms with Gasteiger partial charge in [0.1, 0.15) is 6.10 Å². The van der Waals surface area contributed by atoms with Gasteiger partial charge in [-0.2, -0.15) is 0 Å². The summed E-state index contributed by atoms with van der Waals surface area (Å²) >= 11 is 0. The Morgan fingerprint density at radius 1 is 1.26 bits per heavy atom. The maximum absolute atomic E-state index is 12.5. The third-order valence-corrected chi connectivity index (χ3v) is 7.22. The van der Waals surface area contributed by atoms with Gasteiger partial charge < -0.3 is 9.64 Å². The number of carbonyl (C=O) groups excluding carboxylic acids is 1. The minimum atomic E-state index is 0.0819. The molecule has 2 saturated carbocycles. The predicted octanol–water partition coefficient (Wildman–Crippen LogP) is 3.79. The molecule has 2 aliphatic carbocycles. The topological polar surface area (TPSA) is 29.5 Å². The number of hydrogen-bond acceptors (Lipinski definition) is 3. The van der Waals surface area contributed by atoms with E-state index in [1.165, 1.54) is 44.1 Å². The summed E-state index contributed by atoms with van der Waals surface area (Å²) < 4.78 is 5.87. The molecule has 2 saturated heterocycles. The van der Waals surface area contributed by atoms with Crippen LogP contribution in [0.2, 0.25) is 0 Å². The number of nitrogens with zero attached hydrogens (tertiary/aromatic N) is 1. The molecule has 2 aliphatic heterocycles. The molecule has 0 aromatic rings. The van der Waals surface area contributed by atoms with E-state index in [0.29, 0.717) is 17.3 Å². The third kappa shape index (κ3) is 2.75. The summed E-state index contributed by atoms with van der Waals surface area (Å²) in [6.07, 6.45) is 9.99. The van der Waals surface area contributed by atoms with E-state index in [0.717, 1.165) is 32.5 Å². The number of carbonyl (C=O) groups is 1. The molecule has 0 aromatic heterocycles. The molecule has 4 aliphatic rings. The first-order valence-corrected chi connectivity index (χ1v) is 9.67. The number of piperidine rings is 1. The van der Waals surface area contributed by atoms with Gasteiger partial charge >= 0.3 is 5.97 Å². The summed E-state index contributed by atoms with van der Waals surface area (Å²) in [5.74, 6) is 1.23. The molecule has 0 N–H and O–H groups in total. The Balaban J connectivity index is 1.50. The molecule has 23 heavy (non-hydrogen) atoms. The first kappa shape index (κ1) is 15.7. The number of hydrogen-bond donors (Lipinski definition) is 0. The van der Waals surface area contributed by atoms with Gasteiger partial charge in [0.25, 0.3) is 0 Å². The Labute approximate surface area is 140 Å². The first-order valence-electron chi connectivity index (χ1n) is 9.67. The van der Waals surface area contributed by atoms with Crippen LogP contribution in [0.1, 0.15) is 58.3 Å². The molecular weight excluding hydrogens is 286 g/mol. The van der Waals surface area contributed by atoms with Gasteiger partial charge in [0, 0.05) is 12.5 Å². The van der Waals surface area contributed by atoms with Gasteiger partial charge in [0.05, 0.1) is 5.92 Å². The largest absolute Gasteiger partial charge is 0.462 e. The highest BCUT2D eigenvalue weighted by atomic mass is 16.6. The van der Waals surface area contributed by atoms with Crippen LogP contribution in [0.5, 0.6) is 0 Å². The molecule has 0 amide bonds. The molecule has 0 spiro atoms. The van der Waals surface area contributed by atoms with Crippen molar-refractivity contribution in [2.45, 2.75) is 64.4 Å². The molecule has 3 heteroatoms. The number of allylic oxidation sites excluding steroid dienone is 1. The summed E-state index contributed by atoms with van der Waals surface area (Å²) in [4.78, 5) is 15.0. The predicted molar refractivity (Wildman–Crippen MR) is 91.0 cm³/mol. The van der Waals surface area contributed by atoms with Crippen LogP contribution in [0.15, 0.2) is 12.2 Å².